The van der Waals surface area contributed by atoms with Crippen molar-refractivity contribution in [3.8, 4) is 0 Å². The molecule has 1 unspecified atom stereocenters. The predicted molar refractivity (Wildman–Crippen MR) is 66.2 cm³/mol. The summed E-state index contributed by atoms with van der Waals surface area (Å²) in [6.45, 7) is 4.11. The van der Waals surface area contributed by atoms with Gasteiger partial charge in [0.05, 0.1) is 5.56 Å². The second-order valence-corrected chi connectivity index (χ2v) is 4.18. The molecule has 0 aliphatic carbocycles. The van der Waals surface area contributed by atoms with Crippen LogP contribution in [0.3, 0.4) is 0 Å². The molecule has 1 atom stereocenters. The number of halogens is 3. The minimum atomic E-state index is -4.35. The topological polar surface area (TPSA) is 24.5 Å². The zero-order valence-corrected chi connectivity index (χ0v) is 10.7. The Morgan fingerprint density at radius 3 is 2.74 bits per heavy atom. The van der Waals surface area contributed by atoms with E-state index in [9.17, 15) is 13.2 Å². The Labute approximate surface area is 109 Å². The lowest BCUT2D eigenvalue weighted by atomic mass is 10.2. The Morgan fingerprint density at radius 1 is 1.37 bits per heavy atom. The van der Waals surface area contributed by atoms with Gasteiger partial charge < -0.3 is 15.0 Å². The number of benzene rings is 1. The predicted octanol–water partition coefficient (Wildman–Crippen LogP) is 3.30. The maximum atomic E-state index is 12.7. The Morgan fingerprint density at radius 2 is 2.11 bits per heavy atom. The molecule has 0 bridgehead atoms. The smallest absolute Gasteiger partial charge is 0.347 e. The minimum Gasteiger partial charge on any atom is -0.347 e. The zero-order valence-electron chi connectivity index (χ0n) is 10.7. The number of nitrogens with one attached hydrogen (secondary N) is 1. The molecule has 0 spiro atoms. The summed E-state index contributed by atoms with van der Waals surface area (Å²) in [5, 5.41) is 2.97. The third-order valence-corrected chi connectivity index (χ3v) is 2.83. The number of rotatable bonds is 3. The Hall–Kier alpha value is -1.69. The van der Waals surface area contributed by atoms with Crippen molar-refractivity contribution in [2.45, 2.75) is 26.4 Å². The summed E-state index contributed by atoms with van der Waals surface area (Å²) in [7, 11) is 0. The van der Waals surface area contributed by atoms with E-state index in [2.05, 4.69) is 5.32 Å². The average molecular weight is 272 g/mol. The highest BCUT2D eigenvalue weighted by Gasteiger charge is 2.32. The second-order valence-electron chi connectivity index (χ2n) is 4.18. The van der Waals surface area contributed by atoms with Gasteiger partial charge in [-0.25, -0.2) is 0 Å². The molecular weight excluding hydrogens is 257 g/mol. The van der Waals surface area contributed by atoms with Gasteiger partial charge >= 0.3 is 6.18 Å². The molecule has 0 radical (unpaired) electrons. The quantitative estimate of drug-likeness (QED) is 0.913. The number of alkyl halides is 3. The fourth-order valence-electron chi connectivity index (χ4n) is 1.97. The summed E-state index contributed by atoms with van der Waals surface area (Å²) >= 11 is 0. The molecule has 0 fully saturated rings. The summed E-state index contributed by atoms with van der Waals surface area (Å²) in [4.78, 5) is 1.69. The van der Waals surface area contributed by atoms with E-state index in [0.717, 1.165) is 17.8 Å². The van der Waals surface area contributed by atoms with Gasteiger partial charge in [-0.15, -0.1) is 0 Å². The van der Waals surface area contributed by atoms with Crippen molar-refractivity contribution in [1.29, 1.82) is 0 Å². The average Bonchev–Trinajstić information content (AvgIpc) is 2.70. The molecule has 1 aromatic rings. The minimum absolute atomic E-state index is 0.451. The molecule has 1 heterocycles. The molecule has 0 aromatic heterocycles. The zero-order chi connectivity index (χ0) is 14.0. The highest BCUT2D eigenvalue weighted by molar-refractivity contribution is 5.55. The molecule has 1 aliphatic rings. The standard InChI is InChI=1S/C13H15F3N2O/c1-3-19-12-17-8-9(2)18(12)11-6-4-5-10(7-11)13(14,15)16/h4-8,12,17H,3H2,1-2H3. The third-order valence-electron chi connectivity index (χ3n) is 2.83. The van der Waals surface area contributed by atoms with Gasteiger partial charge in [0, 0.05) is 24.2 Å². The number of allylic oxidation sites excluding steroid dienone is 1. The first kappa shape index (κ1) is 13.7. The van der Waals surface area contributed by atoms with Gasteiger partial charge in [0.1, 0.15) is 0 Å². The summed E-state index contributed by atoms with van der Waals surface area (Å²) in [5.41, 5.74) is 0.588. The van der Waals surface area contributed by atoms with Gasteiger partial charge in [0.15, 0.2) is 0 Å². The molecule has 19 heavy (non-hydrogen) atoms. The number of anilines is 1. The molecule has 0 saturated heterocycles. The molecular formula is C13H15F3N2O. The summed E-state index contributed by atoms with van der Waals surface area (Å²) < 4.78 is 43.6. The van der Waals surface area contributed by atoms with E-state index in [1.165, 1.54) is 6.07 Å². The molecule has 1 N–H and O–H groups in total. The van der Waals surface area contributed by atoms with Crippen LogP contribution >= 0.6 is 0 Å². The van der Waals surface area contributed by atoms with Crippen molar-refractivity contribution < 1.29 is 17.9 Å². The van der Waals surface area contributed by atoms with E-state index < -0.39 is 18.1 Å². The highest BCUT2D eigenvalue weighted by atomic mass is 19.4. The van der Waals surface area contributed by atoms with Crippen molar-refractivity contribution in [2.75, 3.05) is 11.5 Å². The lowest BCUT2D eigenvalue weighted by Crippen LogP contribution is -2.39. The van der Waals surface area contributed by atoms with Crippen LogP contribution in [0.2, 0.25) is 0 Å². The lowest BCUT2D eigenvalue weighted by molar-refractivity contribution is -0.137. The van der Waals surface area contributed by atoms with Gasteiger partial charge in [-0.05, 0) is 32.0 Å². The van der Waals surface area contributed by atoms with Gasteiger partial charge in [-0.3, -0.25) is 0 Å². The number of hydrogen-bond donors (Lipinski definition) is 1. The van der Waals surface area contributed by atoms with Gasteiger partial charge in [-0.2, -0.15) is 13.2 Å². The summed E-state index contributed by atoms with van der Waals surface area (Å²) in [6, 6.07) is 5.20. The maximum absolute atomic E-state index is 12.7. The fraction of sp³-hybridized carbons (Fsp3) is 0.385. The maximum Gasteiger partial charge on any atom is 0.416 e. The van der Waals surface area contributed by atoms with Crippen LogP contribution in [-0.2, 0) is 10.9 Å². The fourth-order valence-corrected chi connectivity index (χ4v) is 1.97. The van der Waals surface area contributed by atoms with Gasteiger partial charge in [0.2, 0.25) is 6.35 Å². The van der Waals surface area contributed by atoms with E-state index in [4.69, 9.17) is 4.74 Å². The normalized spacial score (nSPS) is 19.3. The van der Waals surface area contributed by atoms with Gasteiger partial charge in [0.25, 0.3) is 0 Å². The van der Waals surface area contributed by atoms with Crippen molar-refractivity contribution in [1.82, 2.24) is 5.32 Å². The van der Waals surface area contributed by atoms with Gasteiger partial charge in [-0.1, -0.05) is 6.07 Å². The largest absolute Gasteiger partial charge is 0.416 e. The first-order valence-corrected chi connectivity index (χ1v) is 5.94. The second kappa shape index (κ2) is 5.13. The molecule has 0 amide bonds. The van der Waals surface area contributed by atoms with Crippen LogP contribution < -0.4 is 10.2 Å². The van der Waals surface area contributed by atoms with Crippen LogP contribution in [0.4, 0.5) is 18.9 Å². The van der Waals surface area contributed by atoms with E-state index in [-0.39, 0.29) is 0 Å². The third kappa shape index (κ3) is 2.84. The van der Waals surface area contributed by atoms with E-state index in [1.54, 1.807) is 17.2 Å². The molecule has 1 aliphatic heterocycles. The van der Waals surface area contributed by atoms with Crippen LogP contribution in [0.25, 0.3) is 0 Å². The van der Waals surface area contributed by atoms with Crippen molar-refractivity contribution in [3.63, 3.8) is 0 Å². The molecule has 2 rings (SSSR count). The molecule has 104 valence electrons. The van der Waals surface area contributed by atoms with E-state index >= 15 is 0 Å². The van der Waals surface area contributed by atoms with E-state index in [1.807, 2.05) is 13.8 Å². The first-order chi connectivity index (χ1) is 8.93. The van der Waals surface area contributed by atoms with Crippen molar-refractivity contribution in [2.24, 2.45) is 0 Å². The van der Waals surface area contributed by atoms with Crippen LogP contribution in [0, 0.1) is 0 Å². The van der Waals surface area contributed by atoms with Crippen LogP contribution in [0.1, 0.15) is 19.4 Å². The number of nitrogens with zero attached hydrogens (tertiary/aromatic N) is 1. The highest BCUT2D eigenvalue weighted by Crippen LogP contribution is 2.33. The Kier molecular flexibility index (Phi) is 3.71. The van der Waals surface area contributed by atoms with Crippen molar-refractivity contribution >= 4 is 5.69 Å². The number of hydrogen-bond acceptors (Lipinski definition) is 3. The monoisotopic (exact) mass is 272 g/mol. The van der Waals surface area contributed by atoms with Crippen LogP contribution in [-0.4, -0.2) is 13.0 Å². The molecule has 0 saturated carbocycles. The Bertz CT molecular complexity index is 485. The lowest BCUT2D eigenvalue weighted by Gasteiger charge is -2.28. The molecule has 6 heteroatoms. The van der Waals surface area contributed by atoms with Crippen molar-refractivity contribution in [3.05, 3.63) is 41.7 Å². The van der Waals surface area contributed by atoms with E-state index in [0.29, 0.717) is 12.3 Å². The summed E-state index contributed by atoms with van der Waals surface area (Å²) in [5.74, 6) is 0. The first-order valence-electron chi connectivity index (χ1n) is 5.94. The van der Waals surface area contributed by atoms with Crippen LogP contribution in [0.15, 0.2) is 36.2 Å². The molecule has 1 aromatic carbocycles. The number of ether oxygens (including phenoxy) is 1. The SMILES string of the molecule is CCOC1NC=C(C)N1c1cccc(C(F)(F)F)c1. The summed E-state index contributed by atoms with van der Waals surface area (Å²) in [6.07, 6.45) is -3.09. The Balaban J connectivity index is 2.32. The molecule has 3 nitrogen and oxygen atoms in total. The van der Waals surface area contributed by atoms with Crippen LogP contribution in [0.5, 0.6) is 0 Å².